The zero-order valence-corrected chi connectivity index (χ0v) is 16.5. The maximum atomic E-state index is 12.6. The van der Waals surface area contributed by atoms with Gasteiger partial charge in [-0.3, -0.25) is 9.69 Å². The van der Waals surface area contributed by atoms with E-state index in [-0.39, 0.29) is 5.91 Å². The minimum Gasteiger partial charge on any atom is -0.380 e. The largest absolute Gasteiger partial charge is 0.380 e. The maximum Gasteiger partial charge on any atom is 0.239 e. The number of carbonyl (C=O) groups is 1. The molecular weight excluding hydrogens is 312 g/mol. The number of nitrogens with one attached hydrogen (secondary N) is 1. The fourth-order valence-corrected chi connectivity index (χ4v) is 3.53. The minimum atomic E-state index is -0.447. The molecule has 0 bridgehead atoms. The van der Waals surface area contributed by atoms with E-state index in [2.05, 4.69) is 48.3 Å². The topological polar surface area (TPSA) is 41.6 Å². The highest BCUT2D eigenvalue weighted by Crippen LogP contribution is 2.31. The zero-order chi connectivity index (χ0) is 18.4. The van der Waals surface area contributed by atoms with E-state index in [1.54, 1.807) is 7.11 Å². The van der Waals surface area contributed by atoms with E-state index >= 15 is 0 Å². The molecule has 25 heavy (non-hydrogen) atoms. The number of amides is 1. The highest BCUT2D eigenvalue weighted by atomic mass is 16.5. The normalized spacial score (nSPS) is 17.0. The van der Waals surface area contributed by atoms with Crippen molar-refractivity contribution in [1.29, 1.82) is 0 Å². The van der Waals surface area contributed by atoms with Gasteiger partial charge in [0, 0.05) is 13.7 Å². The van der Waals surface area contributed by atoms with Crippen LogP contribution >= 0.6 is 0 Å². The Hall–Kier alpha value is -1.39. The van der Waals surface area contributed by atoms with Crippen molar-refractivity contribution in [3.63, 3.8) is 0 Å². The Morgan fingerprint density at radius 2 is 2.00 bits per heavy atom. The van der Waals surface area contributed by atoms with Gasteiger partial charge in [0.05, 0.1) is 12.1 Å². The molecule has 0 radical (unpaired) electrons. The van der Waals surface area contributed by atoms with Crippen LogP contribution in [-0.2, 0) is 16.1 Å². The molecule has 0 unspecified atom stereocenters. The molecule has 2 rings (SSSR count). The van der Waals surface area contributed by atoms with E-state index in [1.807, 2.05) is 13.8 Å². The number of piperidine rings is 1. The van der Waals surface area contributed by atoms with Gasteiger partial charge in [0.25, 0.3) is 0 Å². The van der Waals surface area contributed by atoms with Gasteiger partial charge in [-0.25, -0.2) is 0 Å². The predicted octanol–water partition coefficient (Wildman–Crippen LogP) is 3.56. The smallest absolute Gasteiger partial charge is 0.239 e. The molecule has 1 aliphatic rings. The molecular formula is C21H34N2O2. The highest BCUT2D eigenvalue weighted by molar-refractivity contribution is 5.85. The third kappa shape index (κ3) is 5.29. The average Bonchev–Trinajstić information content (AvgIpc) is 2.60. The first-order chi connectivity index (χ1) is 11.8. The van der Waals surface area contributed by atoms with Crippen molar-refractivity contribution < 1.29 is 9.53 Å². The van der Waals surface area contributed by atoms with Crippen LogP contribution in [0.15, 0.2) is 24.3 Å². The van der Waals surface area contributed by atoms with Crippen molar-refractivity contribution in [2.24, 2.45) is 5.92 Å². The minimum absolute atomic E-state index is 0.141. The summed E-state index contributed by atoms with van der Waals surface area (Å²) in [6.45, 7) is 11.7. The third-order valence-corrected chi connectivity index (χ3v) is 5.25. The summed E-state index contributed by atoms with van der Waals surface area (Å²) in [7, 11) is 1.73. The average molecular weight is 347 g/mol. The molecule has 1 aromatic carbocycles. The third-order valence-electron chi connectivity index (χ3n) is 5.25. The SMILES string of the molecule is COCc1cccc(C2CCN(C(C)(C)C(=O)NCC(C)C)CC2)c1. The molecule has 1 amide bonds. The number of rotatable bonds is 7. The van der Waals surface area contributed by atoms with E-state index < -0.39 is 5.54 Å². The van der Waals surface area contributed by atoms with E-state index in [0.29, 0.717) is 18.4 Å². The van der Waals surface area contributed by atoms with Gasteiger partial charge < -0.3 is 10.1 Å². The second-order valence-electron chi connectivity index (χ2n) is 8.10. The summed E-state index contributed by atoms with van der Waals surface area (Å²) in [4.78, 5) is 14.9. The monoisotopic (exact) mass is 346 g/mol. The van der Waals surface area contributed by atoms with E-state index in [4.69, 9.17) is 4.74 Å². The van der Waals surface area contributed by atoms with Crippen LogP contribution in [0.5, 0.6) is 0 Å². The van der Waals surface area contributed by atoms with Crippen molar-refractivity contribution >= 4 is 5.91 Å². The standard InChI is InChI=1S/C21H34N2O2/c1-16(2)14-22-20(24)21(3,4)23-11-9-18(10-12-23)19-8-6-7-17(13-19)15-25-5/h6-8,13,16,18H,9-12,14-15H2,1-5H3,(H,22,24). The van der Waals surface area contributed by atoms with Crippen molar-refractivity contribution in [1.82, 2.24) is 10.2 Å². The van der Waals surface area contributed by atoms with Crippen molar-refractivity contribution in [2.75, 3.05) is 26.7 Å². The summed E-state index contributed by atoms with van der Waals surface area (Å²) in [6.07, 6.45) is 2.19. The summed E-state index contributed by atoms with van der Waals surface area (Å²) >= 11 is 0. The van der Waals surface area contributed by atoms with E-state index in [9.17, 15) is 4.79 Å². The Bertz CT molecular complexity index is 561. The molecule has 1 N–H and O–H groups in total. The number of benzene rings is 1. The number of hydrogen-bond acceptors (Lipinski definition) is 3. The lowest BCUT2D eigenvalue weighted by Gasteiger charge is -2.42. The van der Waals surface area contributed by atoms with Gasteiger partial charge in [-0.15, -0.1) is 0 Å². The number of ether oxygens (including phenoxy) is 1. The zero-order valence-electron chi connectivity index (χ0n) is 16.5. The summed E-state index contributed by atoms with van der Waals surface area (Å²) in [6, 6.07) is 8.73. The first-order valence-corrected chi connectivity index (χ1v) is 9.45. The maximum absolute atomic E-state index is 12.6. The second kappa shape index (κ2) is 8.81. The molecule has 0 spiro atoms. The van der Waals surface area contributed by atoms with Crippen molar-refractivity contribution in [2.45, 2.75) is 58.6 Å². The molecule has 1 aliphatic heterocycles. The Labute approximate surface area is 152 Å². The number of carbonyl (C=O) groups excluding carboxylic acids is 1. The van der Waals surface area contributed by atoms with Gasteiger partial charge in [-0.2, -0.15) is 0 Å². The molecule has 0 aromatic heterocycles. The Kier molecular flexibility index (Phi) is 7.03. The van der Waals surface area contributed by atoms with Crippen LogP contribution in [0.3, 0.4) is 0 Å². The van der Waals surface area contributed by atoms with Crippen molar-refractivity contribution in [3.8, 4) is 0 Å². The van der Waals surface area contributed by atoms with E-state index in [0.717, 1.165) is 32.5 Å². The fourth-order valence-electron chi connectivity index (χ4n) is 3.53. The van der Waals surface area contributed by atoms with Crippen LogP contribution in [0, 0.1) is 5.92 Å². The quantitative estimate of drug-likeness (QED) is 0.821. The molecule has 4 heteroatoms. The Balaban J connectivity index is 1.94. The molecule has 0 aliphatic carbocycles. The van der Waals surface area contributed by atoms with Gasteiger partial charge in [0.1, 0.15) is 0 Å². The van der Waals surface area contributed by atoms with Gasteiger partial charge in [0.2, 0.25) is 5.91 Å². The van der Waals surface area contributed by atoms with Crippen LogP contribution in [0.1, 0.15) is 57.6 Å². The lowest BCUT2D eigenvalue weighted by atomic mass is 9.86. The van der Waals surface area contributed by atoms with E-state index in [1.165, 1.54) is 11.1 Å². The Morgan fingerprint density at radius 1 is 1.32 bits per heavy atom. The molecule has 4 nitrogen and oxygen atoms in total. The highest BCUT2D eigenvalue weighted by Gasteiger charge is 2.36. The number of methoxy groups -OCH3 is 1. The van der Waals surface area contributed by atoms with Crippen LogP contribution in [0.25, 0.3) is 0 Å². The second-order valence-corrected chi connectivity index (χ2v) is 8.10. The molecule has 1 fully saturated rings. The summed E-state index contributed by atoms with van der Waals surface area (Å²) in [5.74, 6) is 1.19. The first kappa shape index (κ1) is 19.9. The van der Waals surface area contributed by atoms with Crippen LogP contribution < -0.4 is 5.32 Å². The van der Waals surface area contributed by atoms with Crippen molar-refractivity contribution in [3.05, 3.63) is 35.4 Å². The van der Waals surface area contributed by atoms with Gasteiger partial charge in [-0.05, 0) is 62.7 Å². The number of nitrogens with zero attached hydrogens (tertiary/aromatic N) is 1. The van der Waals surface area contributed by atoms with Gasteiger partial charge in [-0.1, -0.05) is 38.1 Å². The molecule has 0 atom stereocenters. The van der Waals surface area contributed by atoms with Crippen LogP contribution in [0.2, 0.25) is 0 Å². The molecule has 0 saturated carbocycles. The Morgan fingerprint density at radius 3 is 2.60 bits per heavy atom. The van der Waals surface area contributed by atoms with Gasteiger partial charge in [0.15, 0.2) is 0 Å². The summed E-state index contributed by atoms with van der Waals surface area (Å²) in [5, 5.41) is 3.09. The molecule has 1 aromatic rings. The van der Waals surface area contributed by atoms with Crippen LogP contribution in [-0.4, -0.2) is 43.1 Å². The number of hydrogen-bond donors (Lipinski definition) is 1. The molecule has 1 heterocycles. The van der Waals surface area contributed by atoms with Gasteiger partial charge >= 0.3 is 0 Å². The first-order valence-electron chi connectivity index (χ1n) is 9.45. The lowest BCUT2D eigenvalue weighted by Crippen LogP contribution is -2.57. The predicted molar refractivity (Wildman–Crippen MR) is 103 cm³/mol. The van der Waals surface area contributed by atoms with Crippen LogP contribution in [0.4, 0.5) is 0 Å². The summed E-state index contributed by atoms with van der Waals surface area (Å²) in [5.41, 5.74) is 2.18. The lowest BCUT2D eigenvalue weighted by molar-refractivity contribution is -0.132. The fraction of sp³-hybridized carbons (Fsp3) is 0.667. The molecule has 1 saturated heterocycles. The molecule has 140 valence electrons. The summed E-state index contributed by atoms with van der Waals surface area (Å²) < 4.78 is 5.25. The number of likely N-dealkylation sites (tertiary alicyclic amines) is 1.